The summed E-state index contributed by atoms with van der Waals surface area (Å²) in [6.07, 6.45) is 3.60. The van der Waals surface area contributed by atoms with Crippen LogP contribution in [-0.2, 0) is 20.9 Å². The van der Waals surface area contributed by atoms with Gasteiger partial charge in [-0.3, -0.25) is 14.5 Å². The molecule has 0 spiro atoms. The quantitative estimate of drug-likeness (QED) is 0.522. The van der Waals surface area contributed by atoms with E-state index < -0.39 is 0 Å². The van der Waals surface area contributed by atoms with Crippen LogP contribution >= 0.6 is 12.2 Å². The maximum atomic E-state index is 12.3. The van der Waals surface area contributed by atoms with Crippen molar-refractivity contribution in [3.05, 3.63) is 41.7 Å². The molecule has 3 rings (SSSR count). The predicted molar refractivity (Wildman–Crippen MR) is 95.1 cm³/mol. The second-order valence-corrected chi connectivity index (χ2v) is 5.73. The molecule has 0 radical (unpaired) electrons. The molecule has 0 bridgehead atoms. The van der Waals surface area contributed by atoms with Gasteiger partial charge in [0.1, 0.15) is 12.2 Å². The molecule has 1 aliphatic heterocycles. The van der Waals surface area contributed by atoms with Gasteiger partial charge in [0.25, 0.3) is 5.91 Å². The number of methoxy groups -OCH3 is 1. The molecule has 1 N–H and O–H groups in total. The molecule has 124 valence electrons. The number of ether oxygens (including phenoxy) is 1. The summed E-state index contributed by atoms with van der Waals surface area (Å²) in [6, 6.07) is 7.69. The van der Waals surface area contributed by atoms with Crippen molar-refractivity contribution in [2.24, 2.45) is 0 Å². The number of para-hydroxylation sites is 1. The number of nitrogens with zero attached hydrogens (tertiary/aromatic N) is 2. The van der Waals surface area contributed by atoms with Crippen molar-refractivity contribution in [1.82, 2.24) is 14.8 Å². The Kier molecular flexibility index (Phi) is 4.35. The number of amides is 1. The number of carbonyl (C=O) groups excluding carboxylic acids is 2. The first kappa shape index (κ1) is 16.2. The average molecular weight is 343 g/mol. The molecule has 0 aliphatic carbocycles. The summed E-state index contributed by atoms with van der Waals surface area (Å²) in [5.41, 5.74) is 2.17. The topological polar surface area (TPSA) is 63.6 Å². The number of aromatic nitrogens is 1. The SMILES string of the molecule is CCN1C(=O)/C(=C/c2cn(CC(=O)OC)c3ccccc23)NC1=S. The van der Waals surface area contributed by atoms with Crippen LogP contribution in [0.15, 0.2) is 36.2 Å². The van der Waals surface area contributed by atoms with E-state index in [0.717, 1.165) is 16.5 Å². The van der Waals surface area contributed by atoms with Crippen molar-refractivity contribution in [3.63, 3.8) is 0 Å². The number of hydrogen-bond acceptors (Lipinski definition) is 4. The zero-order valence-corrected chi connectivity index (χ0v) is 14.2. The van der Waals surface area contributed by atoms with Gasteiger partial charge in [-0.2, -0.15) is 0 Å². The van der Waals surface area contributed by atoms with E-state index in [1.807, 2.05) is 42.0 Å². The zero-order valence-electron chi connectivity index (χ0n) is 13.4. The molecule has 1 fully saturated rings. The molecule has 7 heteroatoms. The minimum Gasteiger partial charge on any atom is -0.468 e. The molecule has 1 amide bonds. The largest absolute Gasteiger partial charge is 0.468 e. The van der Waals surface area contributed by atoms with Gasteiger partial charge < -0.3 is 14.6 Å². The predicted octanol–water partition coefficient (Wildman–Crippen LogP) is 1.89. The van der Waals surface area contributed by atoms with Gasteiger partial charge in [-0.05, 0) is 31.3 Å². The summed E-state index contributed by atoms with van der Waals surface area (Å²) >= 11 is 5.17. The number of nitrogens with one attached hydrogen (secondary N) is 1. The van der Waals surface area contributed by atoms with Gasteiger partial charge in [-0.15, -0.1) is 0 Å². The summed E-state index contributed by atoms with van der Waals surface area (Å²) in [6.45, 7) is 2.50. The summed E-state index contributed by atoms with van der Waals surface area (Å²) in [5, 5.41) is 4.30. The molecule has 0 unspecified atom stereocenters. The van der Waals surface area contributed by atoms with E-state index in [1.165, 1.54) is 12.0 Å². The first-order chi connectivity index (χ1) is 11.5. The highest BCUT2D eigenvalue weighted by molar-refractivity contribution is 7.80. The third kappa shape index (κ3) is 2.78. The Hall–Kier alpha value is -2.67. The number of rotatable bonds is 4. The Morgan fingerprint density at radius 1 is 1.38 bits per heavy atom. The Morgan fingerprint density at radius 2 is 2.12 bits per heavy atom. The van der Waals surface area contributed by atoms with E-state index in [1.54, 1.807) is 6.08 Å². The van der Waals surface area contributed by atoms with Crippen LogP contribution in [-0.4, -0.2) is 40.1 Å². The van der Waals surface area contributed by atoms with Crippen LogP contribution in [0.25, 0.3) is 17.0 Å². The fourth-order valence-corrected chi connectivity index (χ4v) is 3.06. The van der Waals surface area contributed by atoms with Gasteiger partial charge in [0.2, 0.25) is 0 Å². The Balaban J connectivity index is 2.04. The number of fused-ring (bicyclic) bond motifs is 1. The maximum Gasteiger partial charge on any atom is 0.325 e. The first-order valence-electron chi connectivity index (χ1n) is 7.54. The van der Waals surface area contributed by atoms with Crippen LogP contribution in [0, 0.1) is 0 Å². The van der Waals surface area contributed by atoms with Crippen LogP contribution in [0.4, 0.5) is 0 Å². The second-order valence-electron chi connectivity index (χ2n) is 5.34. The minimum absolute atomic E-state index is 0.112. The fraction of sp³-hybridized carbons (Fsp3) is 0.235. The monoisotopic (exact) mass is 343 g/mol. The Morgan fingerprint density at radius 3 is 2.79 bits per heavy atom. The molecule has 0 saturated carbocycles. The van der Waals surface area contributed by atoms with Crippen molar-refractivity contribution < 1.29 is 14.3 Å². The number of thiocarbonyl (C=S) groups is 1. The van der Waals surface area contributed by atoms with Crippen molar-refractivity contribution in [3.8, 4) is 0 Å². The van der Waals surface area contributed by atoms with Crippen LogP contribution in [0.1, 0.15) is 12.5 Å². The van der Waals surface area contributed by atoms with E-state index in [-0.39, 0.29) is 18.4 Å². The first-order valence-corrected chi connectivity index (χ1v) is 7.95. The highest BCUT2D eigenvalue weighted by Gasteiger charge is 2.29. The van der Waals surface area contributed by atoms with Crippen LogP contribution < -0.4 is 5.32 Å². The smallest absolute Gasteiger partial charge is 0.325 e. The fourth-order valence-electron chi connectivity index (χ4n) is 2.74. The summed E-state index contributed by atoms with van der Waals surface area (Å²) in [4.78, 5) is 25.5. The lowest BCUT2D eigenvalue weighted by atomic mass is 10.1. The normalized spacial score (nSPS) is 16.1. The van der Waals surface area contributed by atoms with Gasteiger partial charge in [0, 0.05) is 29.2 Å². The molecule has 1 saturated heterocycles. The van der Waals surface area contributed by atoms with Gasteiger partial charge in [-0.1, -0.05) is 18.2 Å². The Labute approximate surface area is 144 Å². The van der Waals surface area contributed by atoms with E-state index in [2.05, 4.69) is 5.32 Å². The molecule has 1 aromatic carbocycles. The second kappa shape index (κ2) is 6.45. The van der Waals surface area contributed by atoms with Crippen molar-refractivity contribution >= 4 is 46.2 Å². The molecule has 2 heterocycles. The Bertz CT molecular complexity index is 869. The lowest BCUT2D eigenvalue weighted by molar-refractivity contribution is -0.141. The number of carbonyl (C=O) groups is 2. The highest BCUT2D eigenvalue weighted by Crippen LogP contribution is 2.24. The molecular formula is C17H17N3O3S. The van der Waals surface area contributed by atoms with E-state index in [0.29, 0.717) is 17.4 Å². The molecule has 1 aromatic heterocycles. The van der Waals surface area contributed by atoms with Gasteiger partial charge in [0.05, 0.1) is 7.11 Å². The van der Waals surface area contributed by atoms with Crippen LogP contribution in [0.3, 0.4) is 0 Å². The van der Waals surface area contributed by atoms with Gasteiger partial charge in [-0.25, -0.2) is 0 Å². The molecule has 24 heavy (non-hydrogen) atoms. The highest BCUT2D eigenvalue weighted by atomic mass is 32.1. The van der Waals surface area contributed by atoms with Crippen LogP contribution in [0.5, 0.6) is 0 Å². The van der Waals surface area contributed by atoms with E-state index >= 15 is 0 Å². The maximum absolute atomic E-state index is 12.3. The molecule has 0 atom stereocenters. The van der Waals surface area contributed by atoms with E-state index in [9.17, 15) is 9.59 Å². The zero-order chi connectivity index (χ0) is 17.3. The van der Waals surface area contributed by atoms with Crippen molar-refractivity contribution in [2.75, 3.05) is 13.7 Å². The standard InChI is InChI=1S/C17H17N3O3S/c1-3-20-16(22)13(18-17(20)24)8-11-9-19(10-15(21)23-2)14-7-5-4-6-12(11)14/h4-9H,3,10H2,1-2H3,(H,18,24)/b13-8-. The molecular weight excluding hydrogens is 326 g/mol. The number of benzene rings is 1. The van der Waals surface area contributed by atoms with Crippen molar-refractivity contribution in [1.29, 1.82) is 0 Å². The third-order valence-electron chi connectivity index (χ3n) is 3.92. The third-order valence-corrected chi connectivity index (χ3v) is 4.25. The summed E-state index contributed by atoms with van der Waals surface area (Å²) in [7, 11) is 1.36. The average Bonchev–Trinajstić information content (AvgIpc) is 3.05. The van der Waals surface area contributed by atoms with Crippen molar-refractivity contribution in [2.45, 2.75) is 13.5 Å². The molecule has 6 nitrogen and oxygen atoms in total. The van der Waals surface area contributed by atoms with Gasteiger partial charge in [0.15, 0.2) is 5.11 Å². The summed E-state index contributed by atoms with van der Waals surface area (Å²) in [5.74, 6) is -0.476. The van der Waals surface area contributed by atoms with E-state index in [4.69, 9.17) is 17.0 Å². The summed E-state index contributed by atoms with van der Waals surface area (Å²) < 4.78 is 6.55. The lowest BCUT2D eigenvalue weighted by Gasteiger charge is -2.08. The number of likely N-dealkylation sites (N-methyl/N-ethyl adjacent to an activating group) is 1. The lowest BCUT2D eigenvalue weighted by Crippen LogP contribution is -2.30. The molecule has 1 aliphatic rings. The number of hydrogen-bond donors (Lipinski definition) is 1. The number of esters is 1. The molecule has 2 aromatic rings. The van der Waals surface area contributed by atoms with Gasteiger partial charge >= 0.3 is 5.97 Å². The van der Waals surface area contributed by atoms with Crippen LogP contribution in [0.2, 0.25) is 0 Å². The minimum atomic E-state index is -0.330.